The van der Waals surface area contributed by atoms with Crippen LogP contribution in [0.1, 0.15) is 22.8 Å². The van der Waals surface area contributed by atoms with Gasteiger partial charge < -0.3 is 19.5 Å². The summed E-state index contributed by atoms with van der Waals surface area (Å²) in [7, 11) is 3.07. The molecular weight excluding hydrogens is 408 g/mol. The summed E-state index contributed by atoms with van der Waals surface area (Å²) in [5.41, 5.74) is 2.13. The summed E-state index contributed by atoms with van der Waals surface area (Å²) in [4.78, 5) is 21.5. The van der Waals surface area contributed by atoms with Crippen LogP contribution in [0, 0.1) is 0 Å². The Morgan fingerprint density at radius 3 is 2.34 bits per heavy atom. The highest BCUT2D eigenvalue weighted by Gasteiger charge is 2.13. The Morgan fingerprint density at radius 2 is 1.69 bits per heavy atom. The lowest BCUT2D eigenvalue weighted by Gasteiger charge is -2.14. The van der Waals surface area contributed by atoms with Crippen LogP contribution < -0.4 is 24.8 Å². The van der Waals surface area contributed by atoms with Crippen molar-refractivity contribution in [1.82, 2.24) is 10.3 Å². The van der Waals surface area contributed by atoms with Gasteiger partial charge in [-0.2, -0.15) is 0 Å². The molecule has 1 amide bonds. The number of nitrogens with one attached hydrogen (secondary N) is 2. The predicted octanol–water partition coefficient (Wildman–Crippen LogP) is 3.90. The van der Waals surface area contributed by atoms with Crippen molar-refractivity contribution in [2.75, 3.05) is 26.1 Å². The maximum absolute atomic E-state index is 12.9. The van der Waals surface area contributed by atoms with Crippen molar-refractivity contribution in [3.05, 3.63) is 78.1 Å². The molecule has 0 aliphatic carbocycles. The fraction of sp³-hybridized carbons (Fsp3) is 0.208. The van der Waals surface area contributed by atoms with Crippen LogP contribution in [0.5, 0.6) is 17.2 Å². The SMILES string of the molecule is CCOc1ccc(NC(=NCc2ccncc2)NC(=O)c2ccc(OC)c(OC)c2)cc1. The van der Waals surface area contributed by atoms with E-state index in [4.69, 9.17) is 14.2 Å². The van der Waals surface area contributed by atoms with Crippen molar-refractivity contribution < 1.29 is 19.0 Å². The molecule has 1 heterocycles. The number of pyridine rings is 1. The Hall–Kier alpha value is -4.07. The minimum absolute atomic E-state index is 0.311. The first kappa shape index (κ1) is 22.6. The summed E-state index contributed by atoms with van der Waals surface area (Å²) in [6, 6.07) is 16.1. The van der Waals surface area contributed by atoms with E-state index in [1.807, 2.05) is 43.3 Å². The number of hydrogen-bond acceptors (Lipinski definition) is 6. The molecule has 3 rings (SSSR count). The lowest BCUT2D eigenvalue weighted by molar-refractivity contribution is 0.0976. The quantitative estimate of drug-likeness (QED) is 0.413. The van der Waals surface area contributed by atoms with Gasteiger partial charge in [-0.15, -0.1) is 0 Å². The van der Waals surface area contributed by atoms with Crippen LogP contribution >= 0.6 is 0 Å². The first-order valence-corrected chi connectivity index (χ1v) is 10.1. The maximum atomic E-state index is 12.9. The molecule has 166 valence electrons. The predicted molar refractivity (Wildman–Crippen MR) is 124 cm³/mol. The molecule has 8 heteroatoms. The van der Waals surface area contributed by atoms with Crippen molar-refractivity contribution in [3.63, 3.8) is 0 Å². The summed E-state index contributed by atoms with van der Waals surface area (Å²) < 4.78 is 16.0. The van der Waals surface area contributed by atoms with E-state index in [-0.39, 0.29) is 5.91 Å². The number of carbonyl (C=O) groups excluding carboxylic acids is 1. The van der Waals surface area contributed by atoms with Gasteiger partial charge in [0.2, 0.25) is 5.96 Å². The molecule has 0 fully saturated rings. The maximum Gasteiger partial charge on any atom is 0.258 e. The fourth-order valence-electron chi connectivity index (χ4n) is 2.86. The van der Waals surface area contributed by atoms with Crippen LogP contribution in [0.15, 0.2) is 72.0 Å². The first-order chi connectivity index (χ1) is 15.6. The van der Waals surface area contributed by atoms with E-state index in [1.165, 1.54) is 7.11 Å². The fourth-order valence-corrected chi connectivity index (χ4v) is 2.86. The molecule has 8 nitrogen and oxygen atoms in total. The summed E-state index contributed by atoms with van der Waals surface area (Å²) in [5.74, 6) is 1.75. The van der Waals surface area contributed by atoms with E-state index in [2.05, 4.69) is 20.6 Å². The number of aromatic nitrogens is 1. The minimum Gasteiger partial charge on any atom is -0.494 e. The van der Waals surface area contributed by atoms with Gasteiger partial charge in [-0.05, 0) is 67.1 Å². The second kappa shape index (κ2) is 11.4. The summed E-state index contributed by atoms with van der Waals surface area (Å²) in [5, 5.41) is 6.00. The number of methoxy groups -OCH3 is 2. The zero-order valence-electron chi connectivity index (χ0n) is 18.3. The lowest BCUT2D eigenvalue weighted by Crippen LogP contribution is -2.36. The number of carbonyl (C=O) groups is 1. The molecule has 3 aromatic rings. The molecule has 0 unspecified atom stereocenters. The van der Waals surface area contributed by atoms with E-state index >= 15 is 0 Å². The van der Waals surface area contributed by atoms with Crippen molar-refractivity contribution in [2.45, 2.75) is 13.5 Å². The monoisotopic (exact) mass is 434 g/mol. The van der Waals surface area contributed by atoms with Gasteiger partial charge in [-0.1, -0.05) is 0 Å². The second-order valence-corrected chi connectivity index (χ2v) is 6.63. The molecule has 2 N–H and O–H groups in total. The van der Waals surface area contributed by atoms with Crippen LogP contribution in [-0.2, 0) is 6.54 Å². The first-order valence-electron chi connectivity index (χ1n) is 10.1. The normalized spacial score (nSPS) is 10.9. The largest absolute Gasteiger partial charge is 0.494 e. The zero-order valence-corrected chi connectivity index (χ0v) is 18.3. The molecule has 32 heavy (non-hydrogen) atoms. The van der Waals surface area contributed by atoms with Gasteiger partial charge in [-0.25, -0.2) is 4.99 Å². The number of hydrogen-bond donors (Lipinski definition) is 2. The van der Waals surface area contributed by atoms with E-state index < -0.39 is 0 Å². The van der Waals surface area contributed by atoms with Crippen molar-refractivity contribution >= 4 is 17.6 Å². The number of guanidine groups is 1. The highest BCUT2D eigenvalue weighted by atomic mass is 16.5. The van der Waals surface area contributed by atoms with Gasteiger partial charge in [-0.3, -0.25) is 15.1 Å². The summed E-state index contributed by atoms with van der Waals surface area (Å²) >= 11 is 0. The van der Waals surface area contributed by atoms with Gasteiger partial charge in [0, 0.05) is 23.6 Å². The average molecular weight is 434 g/mol. The molecule has 0 saturated heterocycles. The van der Waals surface area contributed by atoms with Crippen molar-refractivity contribution in [3.8, 4) is 17.2 Å². The Morgan fingerprint density at radius 1 is 0.969 bits per heavy atom. The third kappa shape index (κ3) is 6.21. The van der Waals surface area contributed by atoms with Crippen molar-refractivity contribution in [1.29, 1.82) is 0 Å². The lowest BCUT2D eigenvalue weighted by atomic mass is 10.2. The Labute approximate surface area is 187 Å². The van der Waals surface area contributed by atoms with Crippen LogP contribution in [-0.4, -0.2) is 37.7 Å². The van der Waals surface area contributed by atoms with E-state index in [1.54, 1.807) is 37.7 Å². The highest BCUT2D eigenvalue weighted by molar-refractivity contribution is 6.10. The number of amides is 1. The van der Waals surface area contributed by atoms with Gasteiger partial charge in [0.1, 0.15) is 5.75 Å². The van der Waals surface area contributed by atoms with E-state index in [0.717, 1.165) is 17.0 Å². The number of aliphatic imine (C=N–C) groups is 1. The van der Waals surface area contributed by atoms with Crippen LogP contribution in [0.25, 0.3) is 0 Å². The molecule has 0 atom stereocenters. The van der Waals surface area contributed by atoms with Gasteiger partial charge in [0.05, 0.1) is 27.4 Å². The van der Waals surface area contributed by atoms with Crippen LogP contribution in [0.2, 0.25) is 0 Å². The third-order valence-electron chi connectivity index (χ3n) is 4.47. The second-order valence-electron chi connectivity index (χ2n) is 6.63. The Kier molecular flexibility index (Phi) is 8.02. The molecule has 0 aliphatic rings. The zero-order chi connectivity index (χ0) is 22.8. The molecule has 0 spiro atoms. The molecule has 0 bridgehead atoms. The van der Waals surface area contributed by atoms with Gasteiger partial charge in [0.25, 0.3) is 5.91 Å². The van der Waals surface area contributed by atoms with E-state index in [0.29, 0.717) is 36.2 Å². The van der Waals surface area contributed by atoms with Crippen LogP contribution in [0.3, 0.4) is 0 Å². The Balaban J connectivity index is 1.80. The smallest absolute Gasteiger partial charge is 0.258 e. The summed E-state index contributed by atoms with van der Waals surface area (Å²) in [6.45, 7) is 2.89. The molecule has 0 saturated carbocycles. The topological polar surface area (TPSA) is 94.1 Å². The molecule has 2 aromatic carbocycles. The summed E-state index contributed by atoms with van der Waals surface area (Å²) in [6.07, 6.45) is 3.40. The number of nitrogens with zero attached hydrogens (tertiary/aromatic N) is 2. The molecular formula is C24H26N4O4. The van der Waals surface area contributed by atoms with Crippen LogP contribution in [0.4, 0.5) is 5.69 Å². The van der Waals surface area contributed by atoms with Gasteiger partial charge >= 0.3 is 0 Å². The number of rotatable bonds is 8. The third-order valence-corrected chi connectivity index (χ3v) is 4.47. The van der Waals surface area contributed by atoms with Gasteiger partial charge in [0.15, 0.2) is 11.5 Å². The average Bonchev–Trinajstić information content (AvgIpc) is 2.84. The highest BCUT2D eigenvalue weighted by Crippen LogP contribution is 2.27. The molecule has 1 aromatic heterocycles. The number of ether oxygens (including phenoxy) is 3. The minimum atomic E-state index is -0.335. The van der Waals surface area contributed by atoms with Crippen molar-refractivity contribution in [2.24, 2.45) is 4.99 Å². The Bertz CT molecular complexity index is 1050. The molecule has 0 radical (unpaired) electrons. The number of benzene rings is 2. The standard InChI is InChI=1S/C24H26N4O4/c1-4-32-20-8-6-19(7-9-20)27-24(26-16-17-11-13-25-14-12-17)28-23(29)18-5-10-21(30-2)22(15-18)31-3/h5-15H,4,16H2,1-3H3,(H2,26,27,28,29). The van der Waals surface area contributed by atoms with E-state index in [9.17, 15) is 4.79 Å². The molecule has 0 aliphatic heterocycles. The number of anilines is 1.